The second kappa shape index (κ2) is 5.26. The molecule has 0 bridgehead atoms. The highest BCUT2D eigenvalue weighted by atomic mass is 28.4. The first-order chi connectivity index (χ1) is 6.14. The second-order valence-corrected chi connectivity index (χ2v) is 8.83. The Labute approximate surface area is 84.4 Å². The van der Waals surface area contributed by atoms with Gasteiger partial charge < -0.3 is 13.6 Å². The van der Waals surface area contributed by atoms with Crippen LogP contribution < -0.4 is 0 Å². The van der Waals surface area contributed by atoms with Crippen molar-refractivity contribution >= 4 is 18.8 Å². The van der Waals surface area contributed by atoms with Crippen LogP contribution in [0.3, 0.4) is 0 Å². The van der Waals surface area contributed by atoms with Gasteiger partial charge in [-0.25, -0.2) is 0 Å². The molecule has 0 amide bonds. The molecule has 0 aromatic rings. The number of hydrogen-bond donors (Lipinski definition) is 0. The van der Waals surface area contributed by atoms with Crippen LogP contribution in [-0.2, 0) is 13.6 Å². The molecular weight excluding hydrogens is 200 g/mol. The van der Waals surface area contributed by atoms with E-state index in [1.807, 2.05) is 0 Å². The Morgan fingerprint density at radius 3 is 2.77 bits per heavy atom. The molecule has 5 heteroatoms. The van der Waals surface area contributed by atoms with Crippen molar-refractivity contribution in [3.8, 4) is 0 Å². The number of rotatable bonds is 7. The van der Waals surface area contributed by atoms with E-state index in [0.29, 0.717) is 6.10 Å². The summed E-state index contributed by atoms with van der Waals surface area (Å²) in [6.07, 6.45) is 1.47. The maximum atomic E-state index is 5.42. The van der Waals surface area contributed by atoms with E-state index in [1.165, 1.54) is 0 Å². The van der Waals surface area contributed by atoms with E-state index in [9.17, 15) is 0 Å². The van der Waals surface area contributed by atoms with Gasteiger partial charge in [0.25, 0.3) is 0 Å². The van der Waals surface area contributed by atoms with Gasteiger partial charge in [-0.15, -0.1) is 0 Å². The van der Waals surface area contributed by atoms with Crippen molar-refractivity contribution in [1.82, 2.24) is 0 Å². The van der Waals surface area contributed by atoms with Gasteiger partial charge in [-0.05, 0) is 25.6 Å². The molecule has 3 radical (unpaired) electrons. The van der Waals surface area contributed by atoms with Gasteiger partial charge in [0.1, 0.15) is 6.10 Å². The molecule has 3 nitrogen and oxygen atoms in total. The average Bonchev–Trinajstić information content (AvgIpc) is 2.87. The monoisotopic (exact) mass is 217 g/mol. The van der Waals surface area contributed by atoms with E-state index >= 15 is 0 Å². The van der Waals surface area contributed by atoms with Crippen molar-refractivity contribution in [2.24, 2.45) is 0 Å². The smallest absolute Gasteiger partial charge is 0.230 e. The molecule has 1 atom stereocenters. The molecule has 1 rings (SSSR count). The Morgan fingerprint density at radius 2 is 2.23 bits per heavy atom. The van der Waals surface area contributed by atoms with Crippen molar-refractivity contribution in [2.75, 3.05) is 19.8 Å². The zero-order valence-electron chi connectivity index (χ0n) is 8.34. The van der Waals surface area contributed by atoms with Crippen LogP contribution in [0.25, 0.3) is 0 Å². The molecular formula is C8H17O3Si2. The molecule has 1 aliphatic rings. The van der Waals surface area contributed by atoms with Gasteiger partial charge in [-0.1, -0.05) is 0 Å². The molecule has 0 aromatic carbocycles. The summed E-state index contributed by atoms with van der Waals surface area (Å²) in [7, 11) is 1.68. The summed E-state index contributed by atoms with van der Waals surface area (Å²) in [5.41, 5.74) is 0. The molecule has 1 fully saturated rings. The maximum absolute atomic E-state index is 5.42. The minimum absolute atomic E-state index is 0.386. The van der Waals surface area contributed by atoms with E-state index in [1.54, 1.807) is 0 Å². The van der Waals surface area contributed by atoms with Crippen LogP contribution in [0.2, 0.25) is 19.1 Å². The normalized spacial score (nSPS) is 21.9. The van der Waals surface area contributed by atoms with Gasteiger partial charge in [0, 0.05) is 6.61 Å². The summed E-state index contributed by atoms with van der Waals surface area (Å²) in [6.45, 7) is 6.83. The number of epoxide rings is 1. The average molecular weight is 217 g/mol. The quantitative estimate of drug-likeness (QED) is 0.363. The lowest BCUT2D eigenvalue weighted by atomic mass is 10.5. The molecule has 75 valence electrons. The van der Waals surface area contributed by atoms with E-state index in [2.05, 4.69) is 23.6 Å². The summed E-state index contributed by atoms with van der Waals surface area (Å²) < 4.78 is 15.7. The fraction of sp³-hybridized carbons (Fsp3) is 1.00. The molecule has 0 aliphatic carbocycles. The van der Waals surface area contributed by atoms with Gasteiger partial charge in [0.15, 0.2) is 8.32 Å². The first-order valence-corrected chi connectivity index (χ1v) is 8.20. The first-order valence-electron chi connectivity index (χ1n) is 4.68. The van der Waals surface area contributed by atoms with Crippen molar-refractivity contribution in [3.05, 3.63) is 0 Å². The largest absolute Gasteiger partial charge is 0.457 e. The molecule has 13 heavy (non-hydrogen) atoms. The van der Waals surface area contributed by atoms with E-state index in [0.717, 1.165) is 32.3 Å². The Balaban J connectivity index is 1.87. The second-order valence-electron chi connectivity index (χ2n) is 4.00. The van der Waals surface area contributed by atoms with Gasteiger partial charge in [0.05, 0.1) is 13.2 Å². The van der Waals surface area contributed by atoms with E-state index in [-0.39, 0.29) is 0 Å². The highest BCUT2D eigenvalue weighted by molar-refractivity contribution is 6.73. The highest BCUT2D eigenvalue weighted by Crippen LogP contribution is 2.13. The fourth-order valence-corrected chi connectivity index (χ4v) is 2.43. The summed E-state index contributed by atoms with van der Waals surface area (Å²) in [4.78, 5) is 0. The predicted octanol–water partition coefficient (Wildman–Crippen LogP) is 1.10. The van der Waals surface area contributed by atoms with Crippen molar-refractivity contribution in [2.45, 2.75) is 31.7 Å². The van der Waals surface area contributed by atoms with Crippen LogP contribution >= 0.6 is 0 Å². The van der Waals surface area contributed by atoms with Crippen LogP contribution in [0.1, 0.15) is 6.42 Å². The van der Waals surface area contributed by atoms with Gasteiger partial charge in [-0.3, -0.25) is 0 Å². The number of hydrogen-bond acceptors (Lipinski definition) is 3. The fourth-order valence-electron chi connectivity index (χ4n) is 1.03. The molecule has 0 saturated carbocycles. The van der Waals surface area contributed by atoms with Crippen LogP contribution in [0.4, 0.5) is 0 Å². The van der Waals surface area contributed by atoms with Crippen LogP contribution in [0.5, 0.6) is 0 Å². The lowest BCUT2D eigenvalue weighted by Crippen LogP contribution is -2.29. The van der Waals surface area contributed by atoms with E-state index in [4.69, 9.17) is 13.6 Å². The number of ether oxygens (including phenoxy) is 2. The van der Waals surface area contributed by atoms with Crippen molar-refractivity contribution < 1.29 is 13.6 Å². The lowest BCUT2D eigenvalue weighted by molar-refractivity contribution is 0.116. The Bertz CT molecular complexity index is 148. The summed E-state index contributed by atoms with van der Waals surface area (Å²) in [5, 5.41) is 0. The maximum Gasteiger partial charge on any atom is 0.230 e. The van der Waals surface area contributed by atoms with Crippen LogP contribution in [0, 0.1) is 0 Å². The summed E-state index contributed by atoms with van der Waals surface area (Å²) in [5.74, 6) is 0. The van der Waals surface area contributed by atoms with E-state index < -0.39 is 8.32 Å². The summed E-state index contributed by atoms with van der Waals surface area (Å²) in [6, 6.07) is 1.13. The van der Waals surface area contributed by atoms with Crippen molar-refractivity contribution in [3.63, 3.8) is 0 Å². The zero-order chi connectivity index (χ0) is 9.73. The van der Waals surface area contributed by atoms with Crippen LogP contribution in [-0.4, -0.2) is 44.7 Å². The molecule has 0 N–H and O–H groups in total. The topological polar surface area (TPSA) is 31.0 Å². The Kier molecular flexibility index (Phi) is 4.61. The lowest BCUT2D eigenvalue weighted by Gasteiger charge is -2.19. The SMILES string of the molecule is C[Si](C)(CCCOCC1CO1)O[Si]. The third-order valence-corrected chi connectivity index (χ3v) is 5.82. The van der Waals surface area contributed by atoms with Gasteiger partial charge >= 0.3 is 0 Å². The zero-order valence-corrected chi connectivity index (χ0v) is 10.3. The third-order valence-electron chi connectivity index (χ3n) is 2.05. The molecule has 0 spiro atoms. The molecule has 0 aromatic heterocycles. The summed E-state index contributed by atoms with van der Waals surface area (Å²) >= 11 is 0. The Morgan fingerprint density at radius 1 is 1.54 bits per heavy atom. The molecule has 1 heterocycles. The standard InChI is InChI=1S/C8H17O3Si2/c1-13(2,11-12)5-3-4-9-6-8-7-10-8/h8H,3-7H2,1-2H3. The molecule has 1 unspecified atom stereocenters. The molecule has 1 saturated heterocycles. The predicted molar refractivity (Wildman–Crippen MR) is 54.3 cm³/mol. The first kappa shape index (κ1) is 11.4. The third kappa shape index (κ3) is 5.59. The Hall–Kier alpha value is 0.314. The minimum atomic E-state index is -1.44. The highest BCUT2D eigenvalue weighted by Gasteiger charge is 2.23. The van der Waals surface area contributed by atoms with Gasteiger partial charge in [0.2, 0.25) is 10.5 Å². The van der Waals surface area contributed by atoms with Crippen molar-refractivity contribution in [1.29, 1.82) is 0 Å². The van der Waals surface area contributed by atoms with Crippen LogP contribution in [0.15, 0.2) is 0 Å². The van der Waals surface area contributed by atoms with Gasteiger partial charge in [-0.2, -0.15) is 0 Å². The molecule has 1 aliphatic heterocycles. The minimum Gasteiger partial charge on any atom is -0.457 e.